The number of alkyl carbamates (subject to hydrolysis) is 1. The predicted octanol–water partition coefficient (Wildman–Crippen LogP) is 2.93. The minimum atomic E-state index is -0.784. The van der Waals surface area contributed by atoms with Crippen LogP contribution in [-0.2, 0) is 32.3 Å². The molecule has 0 spiro atoms. The zero-order valence-corrected chi connectivity index (χ0v) is 28.5. The van der Waals surface area contributed by atoms with E-state index in [0.717, 1.165) is 11.1 Å². The Balaban J connectivity index is 1.67. The molecule has 14 heteroatoms. The molecular formula is C35H53N7O7. The number of aliphatic hydroxyl groups is 1. The van der Waals surface area contributed by atoms with Crippen molar-refractivity contribution < 1.29 is 33.8 Å². The van der Waals surface area contributed by atoms with Crippen LogP contribution in [0, 0.1) is 0 Å². The van der Waals surface area contributed by atoms with E-state index in [1.165, 1.54) is 0 Å². The zero-order valence-electron chi connectivity index (χ0n) is 28.5. The maximum atomic E-state index is 12.9. The maximum absolute atomic E-state index is 12.9. The quantitative estimate of drug-likeness (QED) is 0.0577. The molecule has 4 amide bonds. The van der Waals surface area contributed by atoms with E-state index in [1.54, 1.807) is 11.8 Å². The van der Waals surface area contributed by atoms with Crippen LogP contribution in [0.25, 0.3) is 0 Å². The summed E-state index contributed by atoms with van der Waals surface area (Å²) in [5.41, 5.74) is 12.3. The number of rotatable bonds is 23. The zero-order chi connectivity index (χ0) is 35.7. The van der Waals surface area contributed by atoms with Crippen LogP contribution in [-0.4, -0.2) is 84.8 Å². The van der Waals surface area contributed by atoms with Gasteiger partial charge in [0.2, 0.25) is 11.8 Å². The van der Waals surface area contributed by atoms with Gasteiger partial charge in [-0.1, -0.05) is 60.7 Å². The summed E-state index contributed by atoms with van der Waals surface area (Å²) >= 11 is 0. The summed E-state index contributed by atoms with van der Waals surface area (Å²) in [6, 6.07) is 18.4. The monoisotopic (exact) mass is 683 g/mol. The maximum Gasteiger partial charge on any atom is 0.410 e. The van der Waals surface area contributed by atoms with Crippen molar-refractivity contribution in [1.29, 1.82) is 0 Å². The minimum absolute atomic E-state index is 0.0263. The van der Waals surface area contributed by atoms with Crippen molar-refractivity contribution in [3.63, 3.8) is 0 Å². The SMILES string of the molecule is CC(CC(=O)NCCCCN(CCCNC(=O)OCc1ccccc1)C(=O)OCc1ccccc1)NC(=O)CC(O)CCCCN=C(N)N. The van der Waals surface area contributed by atoms with Gasteiger partial charge in [-0.15, -0.1) is 0 Å². The molecule has 2 aromatic carbocycles. The standard InChI is InChI=1S/C35H53N7O7/c1-27(41-32(45)24-30(43)17-8-9-19-39-33(36)37)23-31(44)38-18-10-11-21-42(35(47)49-26-29-15-6-3-7-16-29)22-12-20-40-34(46)48-25-28-13-4-2-5-14-28/h2-7,13-16,27,30,43H,8-12,17-26H2,1H3,(H,38,44)(H,40,46)(H,41,45)(H4,36,37,39). The molecule has 8 N–H and O–H groups in total. The van der Waals surface area contributed by atoms with Gasteiger partial charge >= 0.3 is 12.2 Å². The lowest BCUT2D eigenvalue weighted by molar-refractivity contribution is -0.124. The van der Waals surface area contributed by atoms with Gasteiger partial charge in [0.15, 0.2) is 5.96 Å². The number of unbranched alkanes of at least 4 members (excludes halogenated alkanes) is 2. The van der Waals surface area contributed by atoms with Gasteiger partial charge in [-0.05, 0) is 56.6 Å². The summed E-state index contributed by atoms with van der Waals surface area (Å²) in [7, 11) is 0. The van der Waals surface area contributed by atoms with Crippen LogP contribution in [0.3, 0.4) is 0 Å². The number of nitrogens with one attached hydrogen (secondary N) is 3. The van der Waals surface area contributed by atoms with Crippen molar-refractivity contribution in [2.24, 2.45) is 16.5 Å². The Hall–Kier alpha value is -4.85. The molecule has 2 aromatic rings. The number of amides is 4. The second-order valence-electron chi connectivity index (χ2n) is 11.8. The number of aliphatic hydroxyl groups excluding tert-OH is 1. The van der Waals surface area contributed by atoms with Crippen LogP contribution < -0.4 is 27.4 Å². The summed E-state index contributed by atoms with van der Waals surface area (Å²) < 4.78 is 10.8. The van der Waals surface area contributed by atoms with Crippen LogP contribution in [0.5, 0.6) is 0 Å². The van der Waals surface area contributed by atoms with Crippen molar-refractivity contribution in [2.45, 2.75) is 83.6 Å². The molecule has 0 fully saturated rings. The van der Waals surface area contributed by atoms with Crippen molar-refractivity contribution in [3.8, 4) is 0 Å². The molecule has 0 heterocycles. The third kappa shape index (κ3) is 20.2. The first-order chi connectivity index (χ1) is 23.6. The topological polar surface area (TPSA) is 211 Å². The highest BCUT2D eigenvalue weighted by molar-refractivity contribution is 5.80. The van der Waals surface area contributed by atoms with Gasteiger partial charge in [0.25, 0.3) is 0 Å². The van der Waals surface area contributed by atoms with Crippen LogP contribution in [0.15, 0.2) is 65.7 Å². The molecule has 0 aliphatic carbocycles. The second-order valence-corrected chi connectivity index (χ2v) is 11.8. The Morgan fingerprint density at radius 2 is 1.39 bits per heavy atom. The number of benzene rings is 2. The fraction of sp³-hybridized carbons (Fsp3) is 0.514. The Kier molecular flexibility index (Phi) is 20.0. The molecule has 0 radical (unpaired) electrons. The van der Waals surface area contributed by atoms with Gasteiger partial charge in [0, 0.05) is 45.2 Å². The highest BCUT2D eigenvalue weighted by atomic mass is 16.6. The summed E-state index contributed by atoms with van der Waals surface area (Å²) in [6.45, 7) is 4.01. The molecule has 49 heavy (non-hydrogen) atoms. The van der Waals surface area contributed by atoms with Crippen LogP contribution in [0.4, 0.5) is 9.59 Å². The summed E-state index contributed by atoms with van der Waals surface area (Å²) in [6.07, 6.45) is 1.84. The van der Waals surface area contributed by atoms with E-state index in [9.17, 15) is 24.3 Å². The fourth-order valence-corrected chi connectivity index (χ4v) is 4.75. The fourth-order valence-electron chi connectivity index (χ4n) is 4.75. The minimum Gasteiger partial charge on any atom is -0.445 e. The molecule has 0 aliphatic heterocycles. The number of aliphatic imine (C=N–C) groups is 1. The lowest BCUT2D eigenvalue weighted by Crippen LogP contribution is -2.39. The number of ether oxygens (including phenoxy) is 2. The average molecular weight is 684 g/mol. The number of nitrogens with two attached hydrogens (primary N) is 2. The van der Waals surface area contributed by atoms with Crippen LogP contribution in [0.1, 0.15) is 69.4 Å². The van der Waals surface area contributed by atoms with Crippen molar-refractivity contribution in [1.82, 2.24) is 20.9 Å². The van der Waals surface area contributed by atoms with Crippen molar-refractivity contribution >= 4 is 30.0 Å². The van der Waals surface area contributed by atoms with E-state index >= 15 is 0 Å². The van der Waals surface area contributed by atoms with Gasteiger partial charge in [-0.25, -0.2) is 9.59 Å². The third-order valence-electron chi connectivity index (χ3n) is 7.29. The van der Waals surface area contributed by atoms with E-state index in [2.05, 4.69) is 20.9 Å². The Bertz CT molecular complexity index is 1280. The smallest absolute Gasteiger partial charge is 0.410 e. The van der Waals surface area contributed by atoms with E-state index in [0.29, 0.717) is 71.2 Å². The average Bonchev–Trinajstić information content (AvgIpc) is 3.07. The number of hydrogen-bond acceptors (Lipinski definition) is 8. The lowest BCUT2D eigenvalue weighted by atomic mass is 10.1. The molecule has 0 saturated carbocycles. The third-order valence-corrected chi connectivity index (χ3v) is 7.29. The highest BCUT2D eigenvalue weighted by Crippen LogP contribution is 2.07. The van der Waals surface area contributed by atoms with Crippen molar-refractivity contribution in [2.75, 3.05) is 32.7 Å². The first kappa shape index (κ1) is 40.3. The Labute approximate surface area is 289 Å². The van der Waals surface area contributed by atoms with Gasteiger partial charge < -0.3 is 46.9 Å². The Morgan fingerprint density at radius 1 is 0.776 bits per heavy atom. The first-order valence-electron chi connectivity index (χ1n) is 16.8. The normalized spacial score (nSPS) is 11.8. The molecule has 2 rings (SSSR count). The molecule has 2 atom stereocenters. The van der Waals surface area contributed by atoms with E-state index in [1.807, 2.05) is 60.7 Å². The molecular weight excluding hydrogens is 630 g/mol. The molecule has 2 unspecified atom stereocenters. The molecule has 270 valence electrons. The number of hydrogen-bond donors (Lipinski definition) is 6. The van der Waals surface area contributed by atoms with Gasteiger partial charge in [0.1, 0.15) is 13.2 Å². The molecule has 14 nitrogen and oxygen atoms in total. The number of carbonyl (C=O) groups is 4. The molecule has 0 aliphatic rings. The van der Waals surface area contributed by atoms with E-state index in [4.69, 9.17) is 20.9 Å². The highest BCUT2D eigenvalue weighted by Gasteiger charge is 2.17. The Morgan fingerprint density at radius 3 is 2.04 bits per heavy atom. The molecule has 0 bridgehead atoms. The van der Waals surface area contributed by atoms with Crippen molar-refractivity contribution in [3.05, 3.63) is 71.8 Å². The first-order valence-corrected chi connectivity index (χ1v) is 16.8. The van der Waals surface area contributed by atoms with Gasteiger partial charge in [-0.2, -0.15) is 0 Å². The largest absolute Gasteiger partial charge is 0.445 e. The number of guanidine groups is 1. The summed E-state index contributed by atoms with van der Waals surface area (Å²) in [4.78, 5) is 55.1. The second kappa shape index (κ2) is 24.3. The number of nitrogens with zero attached hydrogens (tertiary/aromatic N) is 2. The van der Waals surface area contributed by atoms with E-state index in [-0.39, 0.29) is 43.8 Å². The molecule has 0 saturated heterocycles. The molecule has 0 aromatic heterocycles. The summed E-state index contributed by atoms with van der Waals surface area (Å²) in [5.74, 6) is -0.508. The van der Waals surface area contributed by atoms with Crippen LogP contribution >= 0.6 is 0 Å². The van der Waals surface area contributed by atoms with E-state index < -0.39 is 24.3 Å². The number of carbonyl (C=O) groups excluding carboxylic acids is 4. The summed E-state index contributed by atoms with van der Waals surface area (Å²) in [5, 5.41) is 18.4. The van der Waals surface area contributed by atoms with Crippen LogP contribution in [0.2, 0.25) is 0 Å². The lowest BCUT2D eigenvalue weighted by Gasteiger charge is -2.22. The predicted molar refractivity (Wildman–Crippen MR) is 187 cm³/mol. The van der Waals surface area contributed by atoms with Gasteiger partial charge in [0.05, 0.1) is 12.5 Å². The van der Waals surface area contributed by atoms with Gasteiger partial charge in [-0.3, -0.25) is 14.6 Å².